The van der Waals surface area contributed by atoms with Gasteiger partial charge in [-0.1, -0.05) is 18.2 Å². The molecule has 0 unspecified atom stereocenters. The van der Waals surface area contributed by atoms with Crippen LogP contribution in [0.1, 0.15) is 5.69 Å². The molecule has 4 rings (SSSR count). The minimum Gasteiger partial charge on any atom is -0.357 e. The molecule has 1 aliphatic rings. The Hall–Kier alpha value is -2.36. The van der Waals surface area contributed by atoms with Crippen LogP contribution in [0.3, 0.4) is 0 Å². The molecule has 0 bridgehead atoms. The van der Waals surface area contributed by atoms with Crippen LogP contribution in [0.4, 0.5) is 5.95 Å². The van der Waals surface area contributed by atoms with Crippen LogP contribution in [0.5, 0.6) is 0 Å². The van der Waals surface area contributed by atoms with E-state index in [9.17, 15) is 0 Å². The molecule has 142 valence electrons. The van der Waals surface area contributed by atoms with E-state index in [4.69, 9.17) is 0 Å². The number of hydrogen-bond acceptors (Lipinski definition) is 4. The molecule has 0 amide bonds. The number of aliphatic imine (C=N–C) groups is 1. The van der Waals surface area contributed by atoms with Gasteiger partial charge in [0.05, 0.1) is 6.54 Å². The predicted octanol–water partition coefficient (Wildman–Crippen LogP) is 2.47. The van der Waals surface area contributed by atoms with Crippen molar-refractivity contribution in [1.29, 1.82) is 0 Å². The average Bonchev–Trinajstić information content (AvgIpc) is 3.12. The van der Waals surface area contributed by atoms with Crippen molar-refractivity contribution < 1.29 is 0 Å². The molecular formula is C19H24IN7. The van der Waals surface area contributed by atoms with Crippen LogP contribution in [0, 0.1) is 0 Å². The monoisotopic (exact) mass is 477 g/mol. The molecule has 3 aromatic rings. The molecule has 2 N–H and O–H groups in total. The number of H-pyrrole nitrogens is 1. The largest absolute Gasteiger partial charge is 0.357 e. The normalized spacial score (nSPS) is 14.9. The van der Waals surface area contributed by atoms with E-state index in [-0.39, 0.29) is 24.0 Å². The zero-order valence-electron chi connectivity index (χ0n) is 15.3. The number of nitrogens with one attached hydrogen (secondary N) is 2. The van der Waals surface area contributed by atoms with Crippen molar-refractivity contribution >= 4 is 46.8 Å². The highest BCUT2D eigenvalue weighted by Gasteiger charge is 2.21. The number of guanidine groups is 1. The minimum absolute atomic E-state index is 0. The van der Waals surface area contributed by atoms with E-state index in [0.717, 1.165) is 55.8 Å². The first-order valence-corrected chi connectivity index (χ1v) is 8.88. The number of nitrogens with zero attached hydrogens (tertiary/aromatic N) is 5. The van der Waals surface area contributed by atoms with E-state index < -0.39 is 0 Å². The van der Waals surface area contributed by atoms with Gasteiger partial charge in [-0.25, -0.2) is 9.97 Å². The van der Waals surface area contributed by atoms with Crippen molar-refractivity contribution in [2.45, 2.75) is 6.54 Å². The lowest BCUT2D eigenvalue weighted by molar-refractivity contribution is 0.370. The van der Waals surface area contributed by atoms with Crippen molar-refractivity contribution in [2.24, 2.45) is 4.99 Å². The second-order valence-electron chi connectivity index (χ2n) is 6.31. The number of halogens is 1. The molecule has 0 spiro atoms. The summed E-state index contributed by atoms with van der Waals surface area (Å²) in [6.07, 6.45) is 3.57. The number of para-hydroxylation sites is 1. The number of aromatic nitrogens is 3. The van der Waals surface area contributed by atoms with Gasteiger partial charge in [-0.15, -0.1) is 24.0 Å². The fourth-order valence-electron chi connectivity index (χ4n) is 3.31. The fraction of sp³-hybridized carbons (Fsp3) is 0.316. The van der Waals surface area contributed by atoms with Crippen LogP contribution >= 0.6 is 24.0 Å². The highest BCUT2D eigenvalue weighted by Crippen LogP contribution is 2.15. The lowest BCUT2D eigenvalue weighted by Crippen LogP contribution is -2.52. The van der Waals surface area contributed by atoms with Crippen LogP contribution < -0.4 is 10.2 Å². The maximum absolute atomic E-state index is 4.45. The van der Waals surface area contributed by atoms with E-state index >= 15 is 0 Å². The lowest BCUT2D eigenvalue weighted by Gasteiger charge is -2.36. The number of anilines is 1. The van der Waals surface area contributed by atoms with Gasteiger partial charge in [0.25, 0.3) is 0 Å². The molecule has 1 fully saturated rings. The van der Waals surface area contributed by atoms with Gasteiger partial charge in [-0.2, -0.15) is 0 Å². The van der Waals surface area contributed by atoms with Gasteiger partial charge in [0, 0.05) is 56.8 Å². The van der Waals surface area contributed by atoms with Crippen LogP contribution in [0.25, 0.3) is 10.9 Å². The molecule has 1 saturated heterocycles. The third kappa shape index (κ3) is 4.49. The Kier molecular flexibility index (Phi) is 6.49. The summed E-state index contributed by atoms with van der Waals surface area (Å²) < 4.78 is 0. The van der Waals surface area contributed by atoms with Gasteiger partial charge in [0.1, 0.15) is 0 Å². The van der Waals surface area contributed by atoms with E-state index in [1.54, 1.807) is 12.4 Å². The van der Waals surface area contributed by atoms with Crippen LogP contribution in [-0.2, 0) is 6.54 Å². The Morgan fingerprint density at radius 1 is 1.11 bits per heavy atom. The highest BCUT2D eigenvalue weighted by atomic mass is 127. The smallest absolute Gasteiger partial charge is 0.225 e. The Morgan fingerprint density at radius 3 is 2.56 bits per heavy atom. The first kappa shape index (κ1) is 19.4. The topological polar surface area (TPSA) is 72.4 Å². The molecule has 1 aromatic carbocycles. The van der Waals surface area contributed by atoms with E-state index in [2.05, 4.69) is 59.3 Å². The second kappa shape index (κ2) is 9.03. The zero-order chi connectivity index (χ0) is 17.8. The summed E-state index contributed by atoms with van der Waals surface area (Å²) >= 11 is 0. The van der Waals surface area contributed by atoms with Gasteiger partial charge in [0.15, 0.2) is 5.96 Å². The third-order valence-corrected chi connectivity index (χ3v) is 4.65. The lowest BCUT2D eigenvalue weighted by atomic mass is 10.2. The Balaban J connectivity index is 0.00000210. The highest BCUT2D eigenvalue weighted by molar-refractivity contribution is 14.0. The van der Waals surface area contributed by atoms with Crippen molar-refractivity contribution in [3.05, 3.63) is 54.5 Å². The Labute approximate surface area is 175 Å². The minimum atomic E-state index is 0. The summed E-state index contributed by atoms with van der Waals surface area (Å²) in [5, 5.41) is 4.70. The second-order valence-corrected chi connectivity index (χ2v) is 6.31. The molecule has 0 saturated carbocycles. The van der Waals surface area contributed by atoms with E-state index in [1.807, 2.05) is 19.2 Å². The average molecular weight is 477 g/mol. The molecule has 3 heterocycles. The molecule has 2 aromatic heterocycles. The molecule has 0 radical (unpaired) electrons. The van der Waals surface area contributed by atoms with Crippen LogP contribution in [-0.4, -0.2) is 59.0 Å². The van der Waals surface area contributed by atoms with Gasteiger partial charge >= 0.3 is 0 Å². The molecule has 0 aliphatic carbocycles. The number of hydrogen-bond donors (Lipinski definition) is 2. The van der Waals surface area contributed by atoms with E-state index in [1.165, 1.54) is 5.39 Å². The predicted molar refractivity (Wildman–Crippen MR) is 120 cm³/mol. The summed E-state index contributed by atoms with van der Waals surface area (Å²) in [5.41, 5.74) is 2.32. The van der Waals surface area contributed by atoms with E-state index in [0.29, 0.717) is 0 Å². The number of rotatable bonds is 3. The number of fused-ring (bicyclic) bond motifs is 1. The number of benzene rings is 1. The van der Waals surface area contributed by atoms with Crippen LogP contribution in [0.15, 0.2) is 53.8 Å². The Bertz CT molecular complexity index is 852. The number of piperazine rings is 1. The van der Waals surface area contributed by atoms with Crippen molar-refractivity contribution in [3.8, 4) is 0 Å². The summed E-state index contributed by atoms with van der Waals surface area (Å²) in [5.74, 6) is 1.73. The van der Waals surface area contributed by atoms with Crippen molar-refractivity contribution in [3.63, 3.8) is 0 Å². The maximum atomic E-state index is 4.45. The summed E-state index contributed by atoms with van der Waals surface area (Å²) in [6.45, 7) is 4.28. The SMILES string of the molecule is CN=C(NCc1cc2ccccc2[nH]1)N1CCN(c2ncccn2)CC1.I. The molecule has 7 nitrogen and oxygen atoms in total. The van der Waals surface area contributed by atoms with Gasteiger partial charge in [-0.3, -0.25) is 4.99 Å². The molecule has 1 aliphatic heterocycles. The zero-order valence-corrected chi connectivity index (χ0v) is 17.6. The first-order chi connectivity index (χ1) is 12.8. The van der Waals surface area contributed by atoms with Crippen molar-refractivity contribution in [2.75, 3.05) is 38.1 Å². The van der Waals surface area contributed by atoms with Crippen molar-refractivity contribution in [1.82, 2.24) is 25.2 Å². The third-order valence-electron chi connectivity index (χ3n) is 4.65. The quantitative estimate of drug-likeness (QED) is 0.345. The molecule has 0 atom stereocenters. The standard InChI is InChI=1S/C19H23N7.HI/c1-20-18(23-14-16-13-15-5-2-3-6-17(15)24-16)25-9-11-26(12-10-25)19-21-7-4-8-22-19;/h2-8,13,24H,9-12,14H2,1H3,(H,20,23);1H. The molecule has 8 heteroatoms. The van der Waals surface area contributed by atoms with Gasteiger partial charge < -0.3 is 20.1 Å². The van der Waals surface area contributed by atoms with Gasteiger partial charge in [-0.05, 0) is 23.6 Å². The summed E-state index contributed by atoms with van der Waals surface area (Å²) in [4.78, 5) is 21.1. The summed E-state index contributed by atoms with van der Waals surface area (Å²) in [6, 6.07) is 12.3. The molecular weight excluding hydrogens is 453 g/mol. The number of aromatic amines is 1. The molecule has 27 heavy (non-hydrogen) atoms. The first-order valence-electron chi connectivity index (χ1n) is 8.88. The maximum Gasteiger partial charge on any atom is 0.225 e. The summed E-state index contributed by atoms with van der Waals surface area (Å²) in [7, 11) is 1.83. The van der Waals surface area contributed by atoms with Crippen LogP contribution in [0.2, 0.25) is 0 Å². The Morgan fingerprint density at radius 2 is 1.85 bits per heavy atom. The fourth-order valence-corrected chi connectivity index (χ4v) is 3.31. The van der Waals surface area contributed by atoms with Gasteiger partial charge in [0.2, 0.25) is 5.95 Å².